The van der Waals surface area contributed by atoms with Gasteiger partial charge < -0.3 is 5.32 Å². The molecule has 0 aliphatic heterocycles. The first-order valence-corrected chi connectivity index (χ1v) is 8.10. The molecule has 1 aliphatic rings. The molecule has 2 heteroatoms. The lowest BCUT2D eigenvalue weighted by molar-refractivity contribution is -0.115. The zero-order chi connectivity index (χ0) is 15.2. The molecule has 0 bridgehead atoms. The largest absolute Gasteiger partial charge is 0.319 e. The number of allylic oxidation sites excluding steroid dienone is 2. The number of carbonyl (C=O) groups is 1. The summed E-state index contributed by atoms with van der Waals surface area (Å²) in [6.45, 7) is 5.10. The average molecular weight is 285 g/mol. The van der Waals surface area contributed by atoms with Crippen LogP contribution in [0.2, 0.25) is 0 Å². The second-order valence-electron chi connectivity index (χ2n) is 6.14. The summed E-state index contributed by atoms with van der Waals surface area (Å²) < 4.78 is 0. The summed E-state index contributed by atoms with van der Waals surface area (Å²) in [5.74, 6) is 1.21. The predicted molar refractivity (Wildman–Crippen MR) is 88.6 cm³/mol. The van der Waals surface area contributed by atoms with Gasteiger partial charge in [-0.25, -0.2) is 0 Å². The molecule has 114 valence electrons. The van der Waals surface area contributed by atoms with Crippen molar-refractivity contribution in [3.05, 3.63) is 47.0 Å². The van der Waals surface area contributed by atoms with E-state index in [2.05, 4.69) is 42.6 Å². The average Bonchev–Trinajstić information content (AvgIpc) is 2.70. The Labute approximate surface area is 128 Å². The van der Waals surface area contributed by atoms with Crippen LogP contribution in [0.15, 0.2) is 35.9 Å². The zero-order valence-corrected chi connectivity index (χ0v) is 13.5. The molecule has 0 saturated heterocycles. The molecule has 2 nitrogen and oxygen atoms in total. The minimum Gasteiger partial charge on any atom is -0.319 e. The normalized spacial score (nSPS) is 22.5. The Kier molecular flexibility index (Phi) is 5.75. The summed E-state index contributed by atoms with van der Waals surface area (Å²) in [6, 6.07) is 8.69. The Morgan fingerprint density at radius 2 is 2.00 bits per heavy atom. The van der Waals surface area contributed by atoms with Crippen molar-refractivity contribution in [2.24, 2.45) is 5.92 Å². The molecule has 0 unspecified atom stereocenters. The van der Waals surface area contributed by atoms with E-state index in [1.807, 2.05) is 14.0 Å². The van der Waals surface area contributed by atoms with Crippen molar-refractivity contribution in [2.45, 2.75) is 45.4 Å². The fraction of sp³-hybridized carbons (Fsp3) is 0.526. The number of Topliss-reactive ketones (excluding diaryl/α,β-unsaturated/α-hetero) is 1. The van der Waals surface area contributed by atoms with Gasteiger partial charge in [-0.15, -0.1) is 0 Å². The number of ketones is 1. The minimum atomic E-state index is 0.263. The minimum absolute atomic E-state index is 0.263. The van der Waals surface area contributed by atoms with Crippen molar-refractivity contribution in [3.63, 3.8) is 0 Å². The number of rotatable bonds is 5. The summed E-state index contributed by atoms with van der Waals surface area (Å²) in [7, 11) is 2.01. The van der Waals surface area contributed by atoms with Gasteiger partial charge in [0.2, 0.25) is 0 Å². The lowest BCUT2D eigenvalue weighted by Gasteiger charge is -2.23. The van der Waals surface area contributed by atoms with Crippen LogP contribution in [0.3, 0.4) is 0 Å². The third-order valence-electron chi connectivity index (χ3n) is 4.50. The van der Waals surface area contributed by atoms with Gasteiger partial charge in [0.15, 0.2) is 5.78 Å². The number of hydrogen-bond donors (Lipinski definition) is 1. The molecule has 1 aromatic rings. The SMILES string of the molecule is CCC(=O)C1=CCC[C@H](CNC)C[C@@H]1c1ccc(C)cc1. The third kappa shape index (κ3) is 4.04. The predicted octanol–water partition coefficient (Wildman–Crippen LogP) is 4.00. The van der Waals surface area contributed by atoms with Gasteiger partial charge in [-0.3, -0.25) is 4.79 Å². The Morgan fingerprint density at radius 3 is 2.62 bits per heavy atom. The topological polar surface area (TPSA) is 29.1 Å². The highest BCUT2D eigenvalue weighted by atomic mass is 16.1. The molecular weight excluding hydrogens is 258 g/mol. The molecule has 0 radical (unpaired) electrons. The third-order valence-corrected chi connectivity index (χ3v) is 4.50. The van der Waals surface area contributed by atoms with Gasteiger partial charge in [0.05, 0.1) is 0 Å². The van der Waals surface area contributed by atoms with Crippen LogP contribution < -0.4 is 5.32 Å². The summed E-state index contributed by atoms with van der Waals surface area (Å²) in [4.78, 5) is 12.4. The van der Waals surface area contributed by atoms with Crippen molar-refractivity contribution in [1.29, 1.82) is 0 Å². The van der Waals surface area contributed by atoms with Crippen LogP contribution in [0.5, 0.6) is 0 Å². The molecule has 21 heavy (non-hydrogen) atoms. The van der Waals surface area contributed by atoms with Gasteiger partial charge in [0, 0.05) is 12.3 Å². The van der Waals surface area contributed by atoms with E-state index in [1.54, 1.807) is 0 Å². The standard InChI is InChI=1S/C19H27NO/c1-4-19(21)17-7-5-6-15(13-20-3)12-18(17)16-10-8-14(2)9-11-16/h7-11,15,18,20H,4-6,12-13H2,1-3H3/t15-,18+/m0/s1. The van der Waals surface area contributed by atoms with Crippen LogP contribution in [-0.2, 0) is 4.79 Å². The number of carbonyl (C=O) groups excluding carboxylic acids is 1. The maximum absolute atomic E-state index is 12.4. The number of aryl methyl sites for hydroxylation is 1. The molecular formula is C19H27NO. The van der Waals surface area contributed by atoms with Crippen molar-refractivity contribution in [2.75, 3.05) is 13.6 Å². The molecule has 1 aromatic carbocycles. The van der Waals surface area contributed by atoms with Crippen LogP contribution in [0.25, 0.3) is 0 Å². The van der Waals surface area contributed by atoms with Gasteiger partial charge in [-0.05, 0) is 56.8 Å². The van der Waals surface area contributed by atoms with E-state index < -0.39 is 0 Å². The van der Waals surface area contributed by atoms with E-state index in [-0.39, 0.29) is 5.92 Å². The Hall–Kier alpha value is -1.41. The fourth-order valence-corrected chi connectivity index (χ4v) is 3.30. The summed E-state index contributed by atoms with van der Waals surface area (Å²) >= 11 is 0. The lowest BCUT2D eigenvalue weighted by atomic mass is 9.82. The van der Waals surface area contributed by atoms with Crippen molar-refractivity contribution < 1.29 is 4.79 Å². The lowest BCUT2D eigenvalue weighted by Crippen LogP contribution is -2.21. The highest BCUT2D eigenvalue weighted by Gasteiger charge is 2.27. The van der Waals surface area contributed by atoms with Gasteiger partial charge in [-0.2, -0.15) is 0 Å². The van der Waals surface area contributed by atoms with E-state index in [9.17, 15) is 4.79 Å². The van der Waals surface area contributed by atoms with Crippen molar-refractivity contribution >= 4 is 5.78 Å². The highest BCUT2D eigenvalue weighted by molar-refractivity contribution is 5.96. The second kappa shape index (κ2) is 7.56. The van der Waals surface area contributed by atoms with E-state index in [1.165, 1.54) is 17.5 Å². The summed E-state index contributed by atoms with van der Waals surface area (Å²) in [6.07, 6.45) is 6.07. The van der Waals surface area contributed by atoms with E-state index in [0.717, 1.165) is 25.0 Å². The summed E-state index contributed by atoms with van der Waals surface area (Å²) in [5.41, 5.74) is 3.60. The van der Waals surface area contributed by atoms with Gasteiger partial charge >= 0.3 is 0 Å². The molecule has 2 rings (SSSR count). The van der Waals surface area contributed by atoms with Gasteiger partial charge in [0.1, 0.15) is 0 Å². The molecule has 2 atom stereocenters. The highest BCUT2D eigenvalue weighted by Crippen LogP contribution is 2.36. The van der Waals surface area contributed by atoms with Gasteiger partial charge in [-0.1, -0.05) is 42.8 Å². The number of benzene rings is 1. The van der Waals surface area contributed by atoms with E-state index >= 15 is 0 Å². The quantitative estimate of drug-likeness (QED) is 0.886. The maximum Gasteiger partial charge on any atom is 0.158 e. The van der Waals surface area contributed by atoms with Crippen LogP contribution in [0.4, 0.5) is 0 Å². The summed E-state index contributed by atoms with van der Waals surface area (Å²) in [5, 5.41) is 3.30. The molecule has 1 N–H and O–H groups in total. The Balaban J connectivity index is 2.31. The molecule has 0 spiro atoms. The molecule has 0 aromatic heterocycles. The first-order valence-electron chi connectivity index (χ1n) is 8.10. The van der Waals surface area contributed by atoms with Crippen LogP contribution in [-0.4, -0.2) is 19.4 Å². The zero-order valence-electron chi connectivity index (χ0n) is 13.5. The van der Waals surface area contributed by atoms with Crippen molar-refractivity contribution in [1.82, 2.24) is 5.32 Å². The Bertz CT molecular complexity index is 501. The van der Waals surface area contributed by atoms with Crippen molar-refractivity contribution in [3.8, 4) is 0 Å². The molecule has 0 heterocycles. The molecule has 0 amide bonds. The number of nitrogens with one attached hydrogen (secondary N) is 1. The number of hydrogen-bond acceptors (Lipinski definition) is 2. The second-order valence-corrected chi connectivity index (χ2v) is 6.14. The Morgan fingerprint density at radius 1 is 1.29 bits per heavy atom. The van der Waals surface area contributed by atoms with E-state index in [4.69, 9.17) is 0 Å². The van der Waals surface area contributed by atoms with Crippen LogP contribution >= 0.6 is 0 Å². The molecule has 1 aliphatic carbocycles. The maximum atomic E-state index is 12.4. The first kappa shape index (κ1) is 16.0. The fourth-order valence-electron chi connectivity index (χ4n) is 3.30. The van der Waals surface area contributed by atoms with Gasteiger partial charge in [0.25, 0.3) is 0 Å². The van der Waals surface area contributed by atoms with Crippen LogP contribution in [0.1, 0.15) is 49.7 Å². The molecule has 0 saturated carbocycles. The smallest absolute Gasteiger partial charge is 0.158 e. The molecule has 0 fully saturated rings. The monoisotopic (exact) mass is 285 g/mol. The first-order chi connectivity index (χ1) is 10.2. The van der Waals surface area contributed by atoms with Crippen LogP contribution in [0, 0.1) is 12.8 Å². The van der Waals surface area contributed by atoms with E-state index in [0.29, 0.717) is 18.1 Å².